The monoisotopic (exact) mass is 520 g/mol. The second kappa shape index (κ2) is 10.6. The Morgan fingerprint density at radius 1 is 0.941 bits per heavy atom. The van der Waals surface area contributed by atoms with Crippen LogP contribution in [0.5, 0.6) is 0 Å². The van der Waals surface area contributed by atoms with E-state index in [-0.39, 0.29) is 37.4 Å². The second-order valence-electron chi connectivity index (χ2n) is 6.94. The van der Waals surface area contributed by atoms with Crippen molar-refractivity contribution in [2.24, 2.45) is 0 Å². The zero-order chi connectivity index (χ0) is 25.0. The summed E-state index contributed by atoms with van der Waals surface area (Å²) in [5.74, 6) is -2.27. The highest BCUT2D eigenvalue weighted by atomic mass is 35.5. The molecule has 3 rings (SSSR count). The van der Waals surface area contributed by atoms with Crippen LogP contribution < -0.4 is 5.32 Å². The molecule has 1 amide bonds. The summed E-state index contributed by atoms with van der Waals surface area (Å²) in [5, 5.41) is 13.9. The minimum Gasteiger partial charge on any atom is -0.449 e. The van der Waals surface area contributed by atoms with E-state index < -0.39 is 34.4 Å². The second-order valence-corrected chi connectivity index (χ2v) is 8.13. The molecule has 8 nitrogen and oxygen atoms in total. The van der Waals surface area contributed by atoms with Gasteiger partial charge >= 0.3 is 5.97 Å². The van der Waals surface area contributed by atoms with E-state index >= 15 is 0 Å². The fourth-order valence-electron chi connectivity index (χ4n) is 2.92. The third kappa shape index (κ3) is 5.53. The van der Waals surface area contributed by atoms with E-state index in [0.29, 0.717) is 0 Å². The van der Waals surface area contributed by atoms with Gasteiger partial charge in [0.15, 0.2) is 11.9 Å². The molecule has 0 aliphatic heterocycles. The van der Waals surface area contributed by atoms with Crippen molar-refractivity contribution < 1.29 is 24.0 Å². The van der Waals surface area contributed by atoms with E-state index in [9.17, 15) is 24.5 Å². The summed E-state index contributed by atoms with van der Waals surface area (Å²) >= 11 is 17.8. The zero-order valence-electron chi connectivity index (χ0n) is 17.4. The quantitative estimate of drug-likeness (QED) is 0.177. The molecule has 11 heteroatoms. The molecule has 34 heavy (non-hydrogen) atoms. The molecule has 0 spiro atoms. The number of hydrogen-bond donors (Lipinski definition) is 1. The van der Waals surface area contributed by atoms with Gasteiger partial charge in [0, 0.05) is 17.2 Å². The highest BCUT2D eigenvalue weighted by molar-refractivity contribution is 6.44. The maximum Gasteiger partial charge on any atom is 0.339 e. The van der Waals surface area contributed by atoms with Gasteiger partial charge in [-0.3, -0.25) is 19.7 Å². The highest BCUT2D eigenvalue weighted by Crippen LogP contribution is 2.30. The lowest BCUT2D eigenvalue weighted by Gasteiger charge is -2.15. The smallest absolute Gasteiger partial charge is 0.339 e. The average molecular weight is 522 g/mol. The molecular formula is C23H15Cl3N2O6. The zero-order valence-corrected chi connectivity index (χ0v) is 19.6. The fraction of sp³-hybridized carbons (Fsp3) is 0.0870. The number of benzene rings is 3. The number of rotatable bonds is 7. The van der Waals surface area contributed by atoms with E-state index in [1.165, 1.54) is 49.4 Å². The molecule has 1 N–H and O–H groups in total. The van der Waals surface area contributed by atoms with Gasteiger partial charge in [0.2, 0.25) is 0 Å². The number of ether oxygens (including phenoxy) is 1. The van der Waals surface area contributed by atoms with Crippen molar-refractivity contribution in [1.29, 1.82) is 0 Å². The summed E-state index contributed by atoms with van der Waals surface area (Å²) in [6.45, 7) is 1.35. The summed E-state index contributed by atoms with van der Waals surface area (Å²) in [4.78, 5) is 48.7. The number of nitrogens with one attached hydrogen (secondary N) is 1. The standard InChI is InChI=1S/C23H15Cl3N2O6/c1-12(22(30)27-18-8-4-7-17(25)20(18)26)34-23(31)15-6-3-2-5-14(15)21(29)13-9-10-16(24)19(11-13)28(32)33/h2-12H,1H3,(H,27,30). The summed E-state index contributed by atoms with van der Waals surface area (Å²) < 4.78 is 5.24. The average Bonchev–Trinajstić information content (AvgIpc) is 2.81. The van der Waals surface area contributed by atoms with E-state index in [2.05, 4.69) is 5.32 Å². The van der Waals surface area contributed by atoms with Gasteiger partial charge in [0.05, 0.1) is 26.2 Å². The number of nitro groups is 1. The van der Waals surface area contributed by atoms with E-state index in [1.54, 1.807) is 12.1 Å². The first kappa shape index (κ1) is 25.2. The third-order valence-electron chi connectivity index (χ3n) is 4.66. The Labute approximate surface area is 208 Å². The maximum atomic E-state index is 13.0. The molecule has 0 bridgehead atoms. The van der Waals surface area contributed by atoms with E-state index in [1.807, 2.05) is 0 Å². The number of nitrogens with zero attached hydrogens (tertiary/aromatic N) is 1. The molecule has 0 aliphatic carbocycles. The minimum atomic E-state index is -1.25. The number of carbonyl (C=O) groups excluding carboxylic acids is 3. The van der Waals surface area contributed by atoms with Crippen LogP contribution in [0.1, 0.15) is 33.2 Å². The number of nitro benzene ring substituents is 1. The van der Waals surface area contributed by atoms with Crippen LogP contribution in [0.15, 0.2) is 60.7 Å². The van der Waals surface area contributed by atoms with E-state index in [4.69, 9.17) is 39.5 Å². The van der Waals surface area contributed by atoms with Crippen LogP contribution in [0.3, 0.4) is 0 Å². The third-order valence-corrected chi connectivity index (χ3v) is 5.80. The minimum absolute atomic E-state index is 0.0438. The molecule has 0 aliphatic rings. The Morgan fingerprint density at radius 3 is 2.29 bits per heavy atom. The predicted octanol–water partition coefficient (Wildman–Crippen LogP) is 5.97. The fourth-order valence-corrected chi connectivity index (χ4v) is 3.46. The molecule has 0 saturated heterocycles. The topological polar surface area (TPSA) is 116 Å². The molecule has 1 atom stereocenters. The summed E-state index contributed by atoms with van der Waals surface area (Å²) in [7, 11) is 0. The first-order valence-corrected chi connectivity index (χ1v) is 10.8. The Kier molecular flexibility index (Phi) is 7.88. The van der Waals surface area contributed by atoms with Gasteiger partial charge in [-0.05, 0) is 37.3 Å². The van der Waals surface area contributed by atoms with Crippen molar-refractivity contribution in [2.45, 2.75) is 13.0 Å². The maximum absolute atomic E-state index is 13.0. The summed E-state index contributed by atoms with van der Waals surface area (Å²) in [5.41, 5.74) is -0.433. The lowest BCUT2D eigenvalue weighted by atomic mass is 9.98. The number of halogens is 3. The lowest BCUT2D eigenvalue weighted by molar-refractivity contribution is -0.384. The molecule has 0 heterocycles. The Hall–Kier alpha value is -3.46. The van der Waals surface area contributed by atoms with Gasteiger partial charge in [-0.2, -0.15) is 0 Å². The molecule has 0 fully saturated rings. The summed E-state index contributed by atoms with van der Waals surface area (Å²) in [6.07, 6.45) is -1.25. The van der Waals surface area contributed by atoms with Gasteiger partial charge in [-0.1, -0.05) is 59.1 Å². The first-order valence-electron chi connectivity index (χ1n) is 9.63. The van der Waals surface area contributed by atoms with Crippen LogP contribution in [0.4, 0.5) is 11.4 Å². The molecule has 3 aromatic carbocycles. The Balaban J connectivity index is 1.81. The lowest BCUT2D eigenvalue weighted by Crippen LogP contribution is -2.30. The van der Waals surface area contributed by atoms with Crippen LogP contribution >= 0.6 is 34.8 Å². The SMILES string of the molecule is CC(OC(=O)c1ccccc1C(=O)c1ccc(Cl)c([N+](=O)[O-])c1)C(=O)Nc1cccc(Cl)c1Cl. The van der Waals surface area contributed by atoms with Crippen molar-refractivity contribution in [3.63, 3.8) is 0 Å². The first-order chi connectivity index (χ1) is 16.1. The highest BCUT2D eigenvalue weighted by Gasteiger charge is 2.25. The number of hydrogen-bond acceptors (Lipinski definition) is 6. The van der Waals surface area contributed by atoms with E-state index in [0.717, 1.165) is 6.07 Å². The molecule has 0 saturated carbocycles. The molecule has 0 aromatic heterocycles. The van der Waals surface area contributed by atoms with Crippen molar-refractivity contribution in [2.75, 3.05) is 5.32 Å². The predicted molar refractivity (Wildman–Crippen MR) is 128 cm³/mol. The molecule has 1 unspecified atom stereocenters. The molecule has 174 valence electrons. The van der Waals surface area contributed by atoms with Crippen LogP contribution in [-0.4, -0.2) is 28.7 Å². The number of amides is 1. The normalized spacial score (nSPS) is 11.4. The van der Waals surface area contributed by atoms with Crippen LogP contribution in [0.2, 0.25) is 15.1 Å². The molecule has 3 aromatic rings. The van der Waals surface area contributed by atoms with Gasteiger partial charge in [0.1, 0.15) is 5.02 Å². The van der Waals surface area contributed by atoms with Crippen molar-refractivity contribution >= 4 is 63.8 Å². The molecular weight excluding hydrogens is 507 g/mol. The Morgan fingerprint density at radius 2 is 1.62 bits per heavy atom. The van der Waals surface area contributed by atoms with Gasteiger partial charge in [-0.15, -0.1) is 0 Å². The van der Waals surface area contributed by atoms with Gasteiger partial charge in [-0.25, -0.2) is 4.79 Å². The Bertz CT molecular complexity index is 1310. The number of anilines is 1. The van der Waals surface area contributed by atoms with Crippen LogP contribution in [0, 0.1) is 10.1 Å². The van der Waals surface area contributed by atoms with Crippen LogP contribution in [0.25, 0.3) is 0 Å². The van der Waals surface area contributed by atoms with Gasteiger partial charge < -0.3 is 10.1 Å². The van der Waals surface area contributed by atoms with Gasteiger partial charge in [0.25, 0.3) is 11.6 Å². The largest absolute Gasteiger partial charge is 0.449 e. The van der Waals surface area contributed by atoms with Crippen LogP contribution in [-0.2, 0) is 9.53 Å². The number of esters is 1. The number of carbonyl (C=O) groups is 3. The van der Waals surface area contributed by atoms with Crippen molar-refractivity contribution in [3.8, 4) is 0 Å². The number of ketones is 1. The van der Waals surface area contributed by atoms with Crippen molar-refractivity contribution in [3.05, 3.63) is 103 Å². The summed E-state index contributed by atoms with van der Waals surface area (Å²) in [6, 6.07) is 14.0. The van der Waals surface area contributed by atoms with Crippen molar-refractivity contribution in [1.82, 2.24) is 0 Å². The molecule has 0 radical (unpaired) electrons.